The predicted octanol–water partition coefficient (Wildman–Crippen LogP) is 0.143. The van der Waals surface area contributed by atoms with E-state index < -0.39 is 0 Å². The molecule has 6 heteroatoms. The summed E-state index contributed by atoms with van der Waals surface area (Å²) in [5.74, 6) is 0.727. The van der Waals surface area contributed by atoms with Crippen LogP contribution < -0.4 is 5.32 Å². The highest BCUT2D eigenvalue weighted by molar-refractivity contribution is 5.79. The van der Waals surface area contributed by atoms with Crippen molar-refractivity contribution >= 4 is 11.8 Å². The third-order valence-electron chi connectivity index (χ3n) is 5.36. The van der Waals surface area contributed by atoms with Gasteiger partial charge < -0.3 is 15.1 Å². The van der Waals surface area contributed by atoms with Crippen molar-refractivity contribution in [1.82, 2.24) is 20.0 Å². The molecule has 3 rings (SSSR count). The average molecular weight is 322 g/mol. The van der Waals surface area contributed by atoms with Crippen molar-refractivity contribution in [3.05, 3.63) is 0 Å². The smallest absolute Gasteiger partial charge is 0.236 e. The van der Waals surface area contributed by atoms with E-state index in [0.717, 1.165) is 84.5 Å². The number of rotatable bonds is 3. The van der Waals surface area contributed by atoms with Crippen molar-refractivity contribution in [3.63, 3.8) is 0 Å². The molecule has 3 fully saturated rings. The van der Waals surface area contributed by atoms with Gasteiger partial charge in [0.2, 0.25) is 11.8 Å². The molecular formula is C17H30N4O2. The van der Waals surface area contributed by atoms with E-state index in [-0.39, 0.29) is 11.8 Å². The fourth-order valence-corrected chi connectivity index (χ4v) is 3.93. The summed E-state index contributed by atoms with van der Waals surface area (Å²) in [5.41, 5.74) is 0. The van der Waals surface area contributed by atoms with Gasteiger partial charge in [0.25, 0.3) is 0 Å². The van der Waals surface area contributed by atoms with Crippen LogP contribution in [-0.2, 0) is 9.59 Å². The van der Waals surface area contributed by atoms with Gasteiger partial charge in [-0.2, -0.15) is 0 Å². The van der Waals surface area contributed by atoms with E-state index in [1.807, 2.05) is 9.80 Å². The number of nitrogens with zero attached hydrogens (tertiary/aromatic N) is 3. The van der Waals surface area contributed by atoms with Crippen LogP contribution in [0.5, 0.6) is 0 Å². The molecule has 0 aromatic rings. The summed E-state index contributed by atoms with van der Waals surface area (Å²) in [6.07, 6.45) is 5.37. The van der Waals surface area contributed by atoms with Crippen LogP contribution in [0.2, 0.25) is 0 Å². The van der Waals surface area contributed by atoms with E-state index in [1.54, 1.807) is 0 Å². The second kappa shape index (κ2) is 8.11. The quantitative estimate of drug-likeness (QED) is 0.803. The van der Waals surface area contributed by atoms with Gasteiger partial charge in [-0.15, -0.1) is 0 Å². The molecule has 0 bridgehead atoms. The normalized spacial score (nSPS) is 27.0. The first-order chi connectivity index (χ1) is 11.2. The number of piperidine rings is 1. The summed E-state index contributed by atoms with van der Waals surface area (Å²) in [5, 5.41) is 3.33. The van der Waals surface area contributed by atoms with E-state index in [9.17, 15) is 9.59 Å². The second-order valence-electron chi connectivity index (χ2n) is 7.09. The first-order valence-corrected chi connectivity index (χ1v) is 9.23. The molecule has 0 saturated carbocycles. The van der Waals surface area contributed by atoms with Crippen LogP contribution in [0, 0.1) is 5.92 Å². The van der Waals surface area contributed by atoms with E-state index >= 15 is 0 Å². The van der Waals surface area contributed by atoms with Crippen molar-refractivity contribution in [1.29, 1.82) is 0 Å². The molecular weight excluding hydrogens is 292 g/mol. The molecule has 0 aromatic heterocycles. The number of nitrogens with one attached hydrogen (secondary N) is 1. The lowest BCUT2D eigenvalue weighted by molar-refractivity contribution is -0.135. The molecule has 1 atom stereocenters. The molecule has 0 spiro atoms. The van der Waals surface area contributed by atoms with Crippen LogP contribution in [0.1, 0.15) is 32.1 Å². The molecule has 130 valence electrons. The first-order valence-electron chi connectivity index (χ1n) is 9.23. The Morgan fingerprint density at radius 1 is 0.870 bits per heavy atom. The zero-order chi connectivity index (χ0) is 16.1. The summed E-state index contributed by atoms with van der Waals surface area (Å²) < 4.78 is 0. The minimum Gasteiger partial charge on any atom is -0.342 e. The van der Waals surface area contributed by atoms with Crippen LogP contribution in [-0.4, -0.2) is 85.4 Å². The fraction of sp³-hybridized carbons (Fsp3) is 0.882. The van der Waals surface area contributed by atoms with Crippen molar-refractivity contribution < 1.29 is 9.59 Å². The zero-order valence-electron chi connectivity index (χ0n) is 14.1. The maximum absolute atomic E-state index is 12.6. The Kier molecular flexibility index (Phi) is 5.89. The number of amides is 2. The predicted molar refractivity (Wildman–Crippen MR) is 89.0 cm³/mol. The highest BCUT2D eigenvalue weighted by Crippen LogP contribution is 2.15. The van der Waals surface area contributed by atoms with Crippen molar-refractivity contribution in [3.8, 4) is 0 Å². The largest absolute Gasteiger partial charge is 0.342 e. The summed E-state index contributed by atoms with van der Waals surface area (Å²) in [4.78, 5) is 31.2. The molecule has 3 heterocycles. The van der Waals surface area contributed by atoms with Gasteiger partial charge in [0, 0.05) is 45.8 Å². The van der Waals surface area contributed by atoms with E-state index in [2.05, 4.69) is 10.2 Å². The molecule has 0 aromatic carbocycles. The Bertz CT molecular complexity index is 417. The Hall–Kier alpha value is -1.14. The van der Waals surface area contributed by atoms with Gasteiger partial charge in [-0.25, -0.2) is 0 Å². The number of hydrogen-bond acceptors (Lipinski definition) is 4. The lowest BCUT2D eigenvalue weighted by Gasteiger charge is -2.29. The SMILES string of the molecule is O=C(CN1CCCN(C(=O)C2CCCNC2)CC1)N1CCCC1. The van der Waals surface area contributed by atoms with E-state index in [1.165, 1.54) is 0 Å². The Morgan fingerprint density at radius 2 is 1.65 bits per heavy atom. The number of carbonyl (C=O) groups is 2. The Morgan fingerprint density at radius 3 is 2.39 bits per heavy atom. The van der Waals surface area contributed by atoms with E-state index in [0.29, 0.717) is 12.5 Å². The molecule has 0 aliphatic carbocycles. The lowest BCUT2D eigenvalue weighted by atomic mass is 9.98. The highest BCUT2D eigenvalue weighted by Gasteiger charge is 2.28. The van der Waals surface area contributed by atoms with Gasteiger partial charge in [0.05, 0.1) is 12.5 Å². The summed E-state index contributed by atoms with van der Waals surface area (Å²) in [6, 6.07) is 0. The van der Waals surface area contributed by atoms with Gasteiger partial charge in [0.1, 0.15) is 0 Å². The topological polar surface area (TPSA) is 55.9 Å². The lowest BCUT2D eigenvalue weighted by Crippen LogP contribution is -2.45. The van der Waals surface area contributed by atoms with Crippen molar-refractivity contribution in [2.45, 2.75) is 32.1 Å². The van der Waals surface area contributed by atoms with Crippen LogP contribution in [0.3, 0.4) is 0 Å². The molecule has 6 nitrogen and oxygen atoms in total. The summed E-state index contributed by atoms with van der Waals surface area (Å²) in [6.45, 7) is 7.58. The van der Waals surface area contributed by atoms with Gasteiger partial charge in [-0.1, -0.05) is 0 Å². The fourth-order valence-electron chi connectivity index (χ4n) is 3.93. The van der Waals surface area contributed by atoms with Gasteiger partial charge >= 0.3 is 0 Å². The van der Waals surface area contributed by atoms with E-state index in [4.69, 9.17) is 0 Å². The van der Waals surface area contributed by atoms with Crippen LogP contribution in [0.4, 0.5) is 0 Å². The standard InChI is InChI=1S/C17H30N4O2/c22-16(20-8-1-2-9-20)14-19-7-4-10-21(12-11-19)17(23)15-5-3-6-18-13-15/h15,18H,1-14H2. The number of carbonyl (C=O) groups excluding carboxylic acids is 2. The van der Waals surface area contributed by atoms with Gasteiger partial charge in [-0.05, 0) is 38.6 Å². The van der Waals surface area contributed by atoms with Crippen LogP contribution >= 0.6 is 0 Å². The minimum absolute atomic E-state index is 0.154. The molecule has 2 amide bonds. The third kappa shape index (κ3) is 4.44. The molecule has 0 radical (unpaired) electrons. The molecule has 3 aliphatic heterocycles. The van der Waals surface area contributed by atoms with Gasteiger partial charge in [-0.3, -0.25) is 14.5 Å². The zero-order valence-corrected chi connectivity index (χ0v) is 14.1. The molecule has 3 saturated heterocycles. The van der Waals surface area contributed by atoms with Crippen LogP contribution in [0.15, 0.2) is 0 Å². The Labute approximate surface area is 139 Å². The van der Waals surface area contributed by atoms with Gasteiger partial charge in [0.15, 0.2) is 0 Å². The second-order valence-corrected chi connectivity index (χ2v) is 7.09. The average Bonchev–Trinajstić information content (AvgIpc) is 3.03. The first kappa shape index (κ1) is 16.7. The van der Waals surface area contributed by atoms with Crippen molar-refractivity contribution in [2.24, 2.45) is 5.92 Å². The summed E-state index contributed by atoms with van der Waals surface area (Å²) >= 11 is 0. The molecule has 3 aliphatic rings. The molecule has 1 N–H and O–H groups in total. The molecule has 23 heavy (non-hydrogen) atoms. The maximum Gasteiger partial charge on any atom is 0.236 e. The summed E-state index contributed by atoms with van der Waals surface area (Å²) in [7, 11) is 0. The maximum atomic E-state index is 12.6. The number of hydrogen-bond donors (Lipinski definition) is 1. The Balaban J connectivity index is 1.46. The minimum atomic E-state index is 0.154. The van der Waals surface area contributed by atoms with Crippen molar-refractivity contribution in [2.75, 3.05) is 58.9 Å². The molecule has 1 unspecified atom stereocenters. The van der Waals surface area contributed by atoms with Crippen LogP contribution in [0.25, 0.3) is 0 Å². The number of likely N-dealkylation sites (tertiary alicyclic amines) is 1. The third-order valence-corrected chi connectivity index (χ3v) is 5.36. The highest BCUT2D eigenvalue weighted by atomic mass is 16.2. The monoisotopic (exact) mass is 322 g/mol.